The van der Waals surface area contributed by atoms with Crippen LogP contribution in [0.1, 0.15) is 16.1 Å². The van der Waals surface area contributed by atoms with Crippen molar-refractivity contribution in [3.63, 3.8) is 0 Å². The Balaban J connectivity index is 1.43. The van der Waals surface area contributed by atoms with Crippen LogP contribution in [0, 0.1) is 0 Å². The molecule has 3 nitrogen and oxygen atoms in total. The highest BCUT2D eigenvalue weighted by Gasteiger charge is 2.27. The molecule has 0 radical (unpaired) electrons. The maximum absolute atomic E-state index is 14.1. The van der Waals surface area contributed by atoms with Crippen molar-refractivity contribution in [1.82, 2.24) is 0 Å². The maximum Gasteiger partial charge on any atom is 0.409 e. The Morgan fingerprint density at radius 1 is 0.553 bits per heavy atom. The quantitative estimate of drug-likeness (QED) is 0.109. The smallest absolute Gasteiger partial charge is 0.409 e. The summed E-state index contributed by atoms with van der Waals surface area (Å²) in [5.41, 5.74) is 1.65. The number of pyridine rings is 1. The van der Waals surface area contributed by atoms with Gasteiger partial charge in [0.2, 0.25) is 0 Å². The average Bonchev–Trinajstić information content (AvgIpc) is 2.96. The fraction of sp³-hybridized carbons (Fsp3) is 0.0286. The molecule has 0 amide bonds. The molecule has 0 fully saturated rings. The Kier molecular flexibility index (Phi) is 5.33. The van der Waals surface area contributed by atoms with Gasteiger partial charge < -0.3 is 4.74 Å². The monoisotopic (exact) mass is 490 g/mol. The Hall–Kier alpha value is -5.02. The number of fused-ring (bicyclic) bond motifs is 4. The lowest BCUT2D eigenvalue weighted by molar-refractivity contribution is -0.689. The summed E-state index contributed by atoms with van der Waals surface area (Å²) in [5, 5.41) is 8.04. The topological polar surface area (TPSA) is 30.2 Å². The minimum Gasteiger partial charge on any atom is -0.417 e. The second kappa shape index (κ2) is 9.13. The molecule has 0 bridgehead atoms. The van der Waals surface area contributed by atoms with Crippen molar-refractivity contribution < 1.29 is 14.1 Å². The van der Waals surface area contributed by atoms with Crippen molar-refractivity contribution in [3.05, 3.63) is 145 Å². The zero-order valence-corrected chi connectivity index (χ0v) is 20.7. The number of hydrogen-bond acceptors (Lipinski definition) is 2. The summed E-state index contributed by atoms with van der Waals surface area (Å²) in [4.78, 5) is 14.1. The van der Waals surface area contributed by atoms with Crippen LogP contribution in [0.2, 0.25) is 0 Å². The average molecular weight is 491 g/mol. The van der Waals surface area contributed by atoms with E-state index in [1.54, 1.807) is 0 Å². The van der Waals surface area contributed by atoms with Crippen molar-refractivity contribution >= 4 is 49.1 Å². The molecule has 0 atom stereocenters. The van der Waals surface area contributed by atoms with E-state index in [-0.39, 0.29) is 5.97 Å². The Labute approximate surface area is 220 Å². The van der Waals surface area contributed by atoms with Crippen molar-refractivity contribution in [2.24, 2.45) is 0 Å². The predicted molar refractivity (Wildman–Crippen MR) is 154 cm³/mol. The molecular weight excluding hydrogens is 466 g/mol. The van der Waals surface area contributed by atoms with E-state index in [1.165, 1.54) is 0 Å². The third kappa shape index (κ3) is 3.86. The van der Waals surface area contributed by atoms with Crippen molar-refractivity contribution in [3.8, 4) is 5.75 Å². The van der Waals surface area contributed by atoms with Gasteiger partial charge in [0, 0.05) is 22.4 Å². The molecule has 0 spiro atoms. The Morgan fingerprint density at radius 2 is 1.16 bits per heavy atom. The molecule has 7 aromatic rings. The highest BCUT2D eigenvalue weighted by atomic mass is 16.5. The summed E-state index contributed by atoms with van der Waals surface area (Å²) in [5.74, 6) is 0.219. The molecule has 0 aliphatic heterocycles. The minimum absolute atomic E-state index is 0.372. The second-order valence-corrected chi connectivity index (χ2v) is 9.60. The van der Waals surface area contributed by atoms with Crippen molar-refractivity contribution in [2.75, 3.05) is 0 Å². The molecule has 1 heterocycles. The van der Waals surface area contributed by atoms with Gasteiger partial charge in [0.25, 0.3) is 5.69 Å². The van der Waals surface area contributed by atoms with Crippen LogP contribution in [0.15, 0.2) is 134 Å². The van der Waals surface area contributed by atoms with E-state index in [2.05, 4.69) is 54.6 Å². The predicted octanol–water partition coefficient (Wildman–Crippen LogP) is 7.85. The Bertz CT molecular complexity index is 1990. The highest BCUT2D eigenvalue weighted by Crippen LogP contribution is 2.37. The molecular formula is C35H24NO2+. The summed E-state index contributed by atoms with van der Waals surface area (Å²) in [6, 6.07) is 43.0. The molecule has 180 valence electrons. The first-order chi connectivity index (χ1) is 18.7. The van der Waals surface area contributed by atoms with Gasteiger partial charge >= 0.3 is 5.97 Å². The third-order valence-electron chi connectivity index (χ3n) is 7.20. The first kappa shape index (κ1) is 22.2. The first-order valence-electron chi connectivity index (χ1n) is 12.8. The van der Waals surface area contributed by atoms with Gasteiger partial charge in [0.05, 0.1) is 5.39 Å². The molecule has 0 aliphatic carbocycles. The van der Waals surface area contributed by atoms with E-state index in [0.29, 0.717) is 18.0 Å². The van der Waals surface area contributed by atoms with Crippen molar-refractivity contribution in [1.29, 1.82) is 0 Å². The standard InChI is InChI=1S/C35H24NO2/c37-35(33-30-16-8-6-12-25(30)18-19-36(33)23-24-10-2-1-3-11-24)38-34-31-17-9-7-15-28(31)21-29-20-26-13-4-5-14-27(26)22-32(29)34/h1-22H,23H2/q+1. The summed E-state index contributed by atoms with van der Waals surface area (Å²) >= 11 is 0. The zero-order chi connectivity index (χ0) is 25.5. The van der Waals surface area contributed by atoms with Crippen LogP contribution in [0.3, 0.4) is 0 Å². The molecule has 0 saturated heterocycles. The maximum atomic E-state index is 14.1. The second-order valence-electron chi connectivity index (χ2n) is 9.60. The van der Waals surface area contributed by atoms with Gasteiger partial charge in [-0.25, -0.2) is 4.79 Å². The number of carbonyl (C=O) groups is 1. The third-order valence-corrected chi connectivity index (χ3v) is 7.20. The van der Waals surface area contributed by atoms with Crippen LogP contribution in [0.4, 0.5) is 0 Å². The van der Waals surface area contributed by atoms with E-state index < -0.39 is 0 Å². The van der Waals surface area contributed by atoms with Gasteiger partial charge in [-0.05, 0) is 51.2 Å². The van der Waals surface area contributed by atoms with E-state index in [1.807, 2.05) is 83.6 Å². The number of ether oxygens (including phenoxy) is 1. The van der Waals surface area contributed by atoms with E-state index in [9.17, 15) is 4.79 Å². The van der Waals surface area contributed by atoms with Gasteiger partial charge in [-0.15, -0.1) is 0 Å². The van der Waals surface area contributed by atoms with Gasteiger partial charge in [0.15, 0.2) is 12.7 Å². The number of hydrogen-bond donors (Lipinski definition) is 0. The highest BCUT2D eigenvalue weighted by molar-refractivity contribution is 6.12. The van der Waals surface area contributed by atoms with Crippen LogP contribution in [0.25, 0.3) is 43.1 Å². The molecule has 0 N–H and O–H groups in total. The van der Waals surface area contributed by atoms with Crippen LogP contribution in [-0.4, -0.2) is 5.97 Å². The summed E-state index contributed by atoms with van der Waals surface area (Å²) in [6.07, 6.45) is 1.97. The number of carbonyl (C=O) groups excluding carboxylic acids is 1. The van der Waals surface area contributed by atoms with E-state index in [4.69, 9.17) is 4.74 Å². The fourth-order valence-electron chi connectivity index (χ4n) is 5.36. The summed E-state index contributed by atoms with van der Waals surface area (Å²) in [6.45, 7) is 0.566. The lowest BCUT2D eigenvalue weighted by atomic mass is 9.98. The zero-order valence-electron chi connectivity index (χ0n) is 20.7. The Morgan fingerprint density at radius 3 is 1.95 bits per heavy atom. The fourth-order valence-corrected chi connectivity index (χ4v) is 5.36. The van der Waals surface area contributed by atoms with Crippen LogP contribution >= 0.6 is 0 Å². The number of esters is 1. The van der Waals surface area contributed by atoms with Gasteiger partial charge in [0.1, 0.15) is 5.75 Å². The normalized spacial score (nSPS) is 11.4. The first-order valence-corrected chi connectivity index (χ1v) is 12.8. The van der Waals surface area contributed by atoms with Crippen LogP contribution < -0.4 is 9.30 Å². The lowest BCUT2D eigenvalue weighted by Gasteiger charge is -2.13. The molecule has 1 aromatic heterocycles. The SMILES string of the molecule is O=C(Oc1c2ccccc2cc2cc3ccccc3cc12)c1c2ccccc2cc[n+]1Cc1ccccc1. The van der Waals surface area contributed by atoms with Gasteiger partial charge in [-0.2, -0.15) is 4.57 Å². The molecule has 38 heavy (non-hydrogen) atoms. The number of benzene rings is 6. The van der Waals surface area contributed by atoms with Gasteiger partial charge in [-0.1, -0.05) is 97.1 Å². The number of rotatable bonds is 4. The molecule has 7 rings (SSSR count). The summed E-state index contributed by atoms with van der Waals surface area (Å²) in [7, 11) is 0. The molecule has 3 heteroatoms. The lowest BCUT2D eigenvalue weighted by Crippen LogP contribution is -2.42. The van der Waals surface area contributed by atoms with Crippen LogP contribution in [-0.2, 0) is 6.54 Å². The van der Waals surface area contributed by atoms with E-state index >= 15 is 0 Å². The molecule has 0 saturated carbocycles. The largest absolute Gasteiger partial charge is 0.417 e. The number of aromatic nitrogens is 1. The molecule has 0 aliphatic rings. The van der Waals surface area contributed by atoms with Crippen molar-refractivity contribution in [2.45, 2.75) is 6.54 Å². The molecule has 0 unspecified atom stereocenters. The number of nitrogens with zero attached hydrogens (tertiary/aromatic N) is 1. The van der Waals surface area contributed by atoms with E-state index in [0.717, 1.165) is 48.7 Å². The van der Waals surface area contributed by atoms with Crippen LogP contribution in [0.5, 0.6) is 5.75 Å². The summed E-state index contributed by atoms with van der Waals surface area (Å²) < 4.78 is 8.39. The molecule has 6 aromatic carbocycles. The van der Waals surface area contributed by atoms with Gasteiger partial charge in [-0.3, -0.25) is 0 Å². The minimum atomic E-state index is -0.372.